The largest absolute Gasteiger partial charge is 0.413 e. The number of amides is 1. The molecule has 0 saturated heterocycles. The maximum Gasteiger partial charge on any atom is 0.233 e. The van der Waals surface area contributed by atoms with Crippen molar-refractivity contribution >= 4 is 14.2 Å². The van der Waals surface area contributed by atoms with E-state index in [1.165, 1.54) is 55.2 Å². The van der Waals surface area contributed by atoms with Crippen LogP contribution in [0.25, 0.3) is 11.1 Å². The number of hydrogen-bond acceptors (Lipinski definition) is 2. The Hall–Kier alpha value is -1.91. The summed E-state index contributed by atoms with van der Waals surface area (Å²) in [6.07, 6.45) is 10.1. The number of carbonyl (C=O) groups is 1. The van der Waals surface area contributed by atoms with E-state index in [0.29, 0.717) is 23.3 Å². The van der Waals surface area contributed by atoms with Gasteiger partial charge in [-0.25, -0.2) is 0 Å². The van der Waals surface area contributed by atoms with Crippen LogP contribution >= 0.6 is 0 Å². The van der Waals surface area contributed by atoms with Crippen LogP contribution in [0.3, 0.4) is 0 Å². The van der Waals surface area contributed by atoms with Gasteiger partial charge in [0.1, 0.15) is 0 Å². The molecular formula is C38H55NO2Si. The van der Waals surface area contributed by atoms with Crippen LogP contribution in [-0.4, -0.2) is 38.3 Å². The lowest BCUT2D eigenvalue weighted by Crippen LogP contribution is -2.50. The van der Waals surface area contributed by atoms with Crippen molar-refractivity contribution in [3.63, 3.8) is 0 Å². The van der Waals surface area contributed by atoms with Crippen molar-refractivity contribution in [3.05, 3.63) is 59.2 Å². The Labute approximate surface area is 256 Å². The van der Waals surface area contributed by atoms with Gasteiger partial charge >= 0.3 is 0 Å². The molecule has 2 aromatic rings. The Morgan fingerprint density at radius 3 is 2.21 bits per heavy atom. The summed E-state index contributed by atoms with van der Waals surface area (Å²) < 4.78 is 7.14. The van der Waals surface area contributed by atoms with Crippen LogP contribution in [-0.2, 0) is 21.1 Å². The Morgan fingerprint density at radius 2 is 1.60 bits per heavy atom. The van der Waals surface area contributed by atoms with E-state index in [-0.39, 0.29) is 10.5 Å². The summed E-state index contributed by atoms with van der Waals surface area (Å²) in [5.74, 6) is 2.61. The van der Waals surface area contributed by atoms with Crippen LogP contribution in [0.5, 0.6) is 0 Å². The van der Waals surface area contributed by atoms with Gasteiger partial charge in [0.05, 0.1) is 11.5 Å². The second kappa shape index (κ2) is 10.6. The van der Waals surface area contributed by atoms with Gasteiger partial charge in [0.15, 0.2) is 8.32 Å². The first-order valence-corrected chi connectivity index (χ1v) is 20.0. The normalized spacial score (nSPS) is 29.8. The number of rotatable bonds is 7. The van der Waals surface area contributed by atoms with E-state index >= 15 is 0 Å². The van der Waals surface area contributed by atoms with Gasteiger partial charge in [-0.15, -0.1) is 0 Å². The van der Waals surface area contributed by atoms with Gasteiger partial charge in [-0.3, -0.25) is 4.79 Å². The zero-order valence-electron chi connectivity index (χ0n) is 27.7. The van der Waals surface area contributed by atoms with Crippen molar-refractivity contribution in [2.45, 2.75) is 128 Å². The summed E-state index contributed by atoms with van der Waals surface area (Å²) in [6.45, 7) is 20.3. The fourth-order valence-corrected chi connectivity index (χ4v) is 10.4. The molecule has 0 spiro atoms. The number of nitrogens with zero attached hydrogens (tertiary/aromatic N) is 1. The van der Waals surface area contributed by atoms with Gasteiger partial charge in [0, 0.05) is 13.1 Å². The van der Waals surface area contributed by atoms with E-state index in [1.807, 2.05) is 4.90 Å². The van der Waals surface area contributed by atoms with Crippen LogP contribution in [0.1, 0.15) is 109 Å². The lowest BCUT2D eigenvalue weighted by Gasteiger charge is -2.52. The quantitative estimate of drug-likeness (QED) is 0.303. The summed E-state index contributed by atoms with van der Waals surface area (Å²) in [4.78, 5) is 15.2. The third-order valence-electron chi connectivity index (χ3n) is 12.9. The predicted molar refractivity (Wildman–Crippen MR) is 177 cm³/mol. The highest BCUT2D eigenvalue weighted by Crippen LogP contribution is 2.62. The highest BCUT2D eigenvalue weighted by atomic mass is 28.4. The lowest BCUT2D eigenvalue weighted by molar-refractivity contribution is -0.133. The number of hydrogen-bond donors (Lipinski definition) is 0. The third kappa shape index (κ3) is 4.84. The molecule has 228 valence electrons. The summed E-state index contributed by atoms with van der Waals surface area (Å²) in [5, 5.41) is 0.266. The fourth-order valence-electron chi connectivity index (χ4n) is 8.99. The summed E-state index contributed by atoms with van der Waals surface area (Å²) in [6, 6.07) is 16.3. The van der Waals surface area contributed by atoms with E-state index in [4.69, 9.17) is 4.43 Å². The Morgan fingerprint density at radius 1 is 0.929 bits per heavy atom. The number of carbonyl (C=O) groups excluding carboxylic acids is 1. The predicted octanol–water partition coefficient (Wildman–Crippen LogP) is 9.50. The molecule has 2 aromatic carbocycles. The maximum atomic E-state index is 13.2. The SMILES string of the molecule is CCN(CC)C(=O)C1(c2ccc(-c3ccc4c(c3)CC[C@@H]3[C@@H]4CC[C@]4(C)[C@@H](O[Si](C)(C)C(C)(C)C)CC[C@@H]34)cc2)CC1. The lowest BCUT2D eigenvalue weighted by atomic mass is 9.55. The molecule has 3 fully saturated rings. The van der Waals surface area contributed by atoms with Crippen molar-refractivity contribution in [1.29, 1.82) is 0 Å². The first-order chi connectivity index (χ1) is 19.8. The molecule has 3 saturated carbocycles. The second-order valence-corrected chi connectivity index (χ2v) is 20.7. The molecule has 0 bridgehead atoms. The van der Waals surface area contributed by atoms with Gasteiger partial charge in [-0.2, -0.15) is 0 Å². The van der Waals surface area contributed by atoms with Crippen LogP contribution in [0, 0.1) is 17.3 Å². The highest BCUT2D eigenvalue weighted by molar-refractivity contribution is 6.74. The second-order valence-electron chi connectivity index (χ2n) is 16.0. The molecule has 0 unspecified atom stereocenters. The van der Waals surface area contributed by atoms with E-state index < -0.39 is 8.32 Å². The van der Waals surface area contributed by atoms with Crippen molar-refractivity contribution in [2.24, 2.45) is 17.3 Å². The molecule has 0 aliphatic heterocycles. The zero-order valence-corrected chi connectivity index (χ0v) is 28.7. The molecule has 3 nitrogen and oxygen atoms in total. The third-order valence-corrected chi connectivity index (χ3v) is 17.3. The highest BCUT2D eigenvalue weighted by Gasteiger charge is 2.57. The number of fused-ring (bicyclic) bond motifs is 5. The van der Waals surface area contributed by atoms with Gasteiger partial charge in [-0.05, 0) is 134 Å². The van der Waals surface area contributed by atoms with E-state index in [0.717, 1.165) is 37.8 Å². The van der Waals surface area contributed by atoms with E-state index in [9.17, 15) is 4.79 Å². The van der Waals surface area contributed by atoms with Gasteiger partial charge in [0.2, 0.25) is 5.91 Å². The molecular weight excluding hydrogens is 531 g/mol. The summed E-state index contributed by atoms with van der Waals surface area (Å²) >= 11 is 0. The smallest absolute Gasteiger partial charge is 0.233 e. The Bertz CT molecular complexity index is 1320. The number of likely N-dealkylation sites (N-methyl/N-ethyl adjacent to an activating group) is 1. The molecule has 4 heteroatoms. The first kappa shape index (κ1) is 30.1. The van der Waals surface area contributed by atoms with Crippen molar-refractivity contribution in [2.75, 3.05) is 13.1 Å². The summed E-state index contributed by atoms with van der Waals surface area (Å²) in [5.41, 5.74) is 7.05. The molecule has 1 amide bonds. The molecule has 0 N–H and O–H groups in total. The molecule has 6 rings (SSSR count). The first-order valence-electron chi connectivity index (χ1n) is 17.1. The zero-order chi connectivity index (χ0) is 30.1. The van der Waals surface area contributed by atoms with Gasteiger partial charge in [0.25, 0.3) is 0 Å². The molecule has 0 radical (unpaired) electrons. The minimum Gasteiger partial charge on any atom is -0.413 e. The van der Waals surface area contributed by atoms with Gasteiger partial charge < -0.3 is 9.33 Å². The average Bonchev–Trinajstić information content (AvgIpc) is 3.71. The van der Waals surface area contributed by atoms with Crippen molar-refractivity contribution < 1.29 is 9.22 Å². The minimum atomic E-state index is -1.78. The van der Waals surface area contributed by atoms with E-state index in [1.54, 1.807) is 11.1 Å². The van der Waals surface area contributed by atoms with Crippen LogP contribution in [0.4, 0.5) is 0 Å². The molecule has 4 aliphatic carbocycles. The molecule has 0 heterocycles. The topological polar surface area (TPSA) is 29.5 Å². The van der Waals surface area contributed by atoms with Crippen LogP contribution in [0.15, 0.2) is 42.5 Å². The number of benzene rings is 2. The monoisotopic (exact) mass is 585 g/mol. The van der Waals surface area contributed by atoms with Crippen molar-refractivity contribution in [1.82, 2.24) is 4.90 Å². The summed E-state index contributed by atoms with van der Waals surface area (Å²) in [7, 11) is -1.78. The van der Waals surface area contributed by atoms with Crippen LogP contribution in [0.2, 0.25) is 18.1 Å². The average molecular weight is 586 g/mol. The minimum absolute atomic E-state index is 0.266. The molecule has 0 aromatic heterocycles. The standard InChI is InChI=1S/C38H55NO2Si/c1-9-39(10-2)35(40)38(23-24-38)29-15-11-26(12-16-29)27-13-17-30-28(25-27)14-18-32-31(30)21-22-37(6)33(32)19-20-34(37)41-42(7,8)36(3,4)5/h11-13,15-17,25,31-34H,9-10,14,18-24H2,1-8H3/t31-,32-,33+,34+,37+/m1/s1. The van der Waals surface area contributed by atoms with Crippen LogP contribution < -0.4 is 0 Å². The van der Waals surface area contributed by atoms with Gasteiger partial charge in [-0.1, -0.05) is 70.2 Å². The Balaban J connectivity index is 1.18. The fraction of sp³-hybridized carbons (Fsp3) is 0.658. The molecule has 5 atom stereocenters. The Kier molecular flexibility index (Phi) is 7.61. The maximum absolute atomic E-state index is 13.2. The molecule has 4 aliphatic rings. The van der Waals surface area contributed by atoms with Crippen molar-refractivity contribution in [3.8, 4) is 11.1 Å². The van der Waals surface area contributed by atoms with E-state index in [2.05, 4.69) is 97.1 Å². The number of aryl methyl sites for hydroxylation is 1. The molecule has 42 heavy (non-hydrogen) atoms.